The van der Waals surface area contributed by atoms with Gasteiger partial charge in [0.2, 0.25) is 0 Å². The summed E-state index contributed by atoms with van der Waals surface area (Å²) in [4.78, 5) is 10.8. The molecule has 0 spiro atoms. The van der Waals surface area contributed by atoms with Crippen molar-refractivity contribution in [3.8, 4) is 0 Å². The van der Waals surface area contributed by atoms with Crippen LogP contribution in [0.15, 0.2) is 24.9 Å². The summed E-state index contributed by atoms with van der Waals surface area (Å²) in [6.45, 7) is -0.433. The zero-order valence-electron chi connectivity index (χ0n) is 12.1. The van der Waals surface area contributed by atoms with Crippen LogP contribution in [0.25, 0.3) is 0 Å². The van der Waals surface area contributed by atoms with Gasteiger partial charge in [-0.1, -0.05) is 0 Å². The first-order valence-electron chi connectivity index (χ1n) is 6.97. The van der Waals surface area contributed by atoms with Gasteiger partial charge in [0, 0.05) is 0 Å². The molecule has 0 aromatic carbocycles. The number of halogens is 3. The number of anilines is 1. The molecule has 0 bridgehead atoms. The maximum Gasteiger partial charge on any atom is 0.434 e. The van der Waals surface area contributed by atoms with E-state index in [9.17, 15) is 28.5 Å². The number of imidazole rings is 1. The molecule has 2 aromatic heterocycles. The van der Waals surface area contributed by atoms with Gasteiger partial charge < -0.3 is 25.2 Å². The van der Waals surface area contributed by atoms with Crippen molar-refractivity contribution >= 4 is 5.82 Å². The van der Waals surface area contributed by atoms with Gasteiger partial charge in [-0.25, -0.2) is 9.97 Å². The van der Waals surface area contributed by atoms with Gasteiger partial charge in [-0.2, -0.15) is 13.2 Å². The molecule has 0 saturated heterocycles. The highest BCUT2D eigenvalue weighted by Gasteiger charge is 2.41. The summed E-state index contributed by atoms with van der Waals surface area (Å²) in [5.41, 5.74) is -0.786. The second kappa shape index (κ2) is 6.00. The van der Waals surface area contributed by atoms with E-state index in [1.54, 1.807) is 0 Å². The van der Waals surface area contributed by atoms with Crippen LogP contribution in [0.1, 0.15) is 23.5 Å². The zero-order valence-corrected chi connectivity index (χ0v) is 12.1. The summed E-state index contributed by atoms with van der Waals surface area (Å²) in [6, 6.07) is -1.77. The van der Waals surface area contributed by atoms with Crippen LogP contribution in [-0.4, -0.2) is 53.7 Å². The Bertz CT molecular complexity index is 723. The molecule has 3 rings (SSSR count). The number of alkyl halides is 3. The third-order valence-electron chi connectivity index (χ3n) is 3.87. The molecule has 4 N–H and O–H groups in total. The van der Waals surface area contributed by atoms with Gasteiger partial charge >= 0.3 is 6.18 Å². The van der Waals surface area contributed by atoms with E-state index < -0.39 is 42.8 Å². The number of rotatable bonds is 3. The molecule has 0 radical (unpaired) electrons. The number of nitrogens with one attached hydrogen (secondary N) is 1. The Morgan fingerprint density at radius 1 is 1.12 bits per heavy atom. The molecule has 0 fully saturated rings. The second-order valence-corrected chi connectivity index (χ2v) is 5.37. The van der Waals surface area contributed by atoms with Crippen LogP contribution >= 0.6 is 0 Å². The number of hydrogen-bond donors (Lipinski definition) is 4. The highest BCUT2D eigenvalue weighted by molar-refractivity contribution is 5.37. The van der Waals surface area contributed by atoms with Gasteiger partial charge in [0.25, 0.3) is 0 Å². The van der Waals surface area contributed by atoms with Crippen molar-refractivity contribution in [3.05, 3.63) is 36.3 Å². The quantitative estimate of drug-likeness (QED) is 0.624. The van der Waals surface area contributed by atoms with Crippen molar-refractivity contribution in [2.45, 2.75) is 30.5 Å². The van der Waals surface area contributed by atoms with E-state index in [1.807, 2.05) is 0 Å². The van der Waals surface area contributed by atoms with Gasteiger partial charge in [0.15, 0.2) is 5.69 Å². The molecule has 1 aliphatic heterocycles. The molecule has 1 aliphatic rings. The van der Waals surface area contributed by atoms with Gasteiger partial charge in [-0.3, -0.25) is 4.98 Å². The Kier molecular flexibility index (Phi) is 4.15. The lowest BCUT2D eigenvalue weighted by molar-refractivity contribution is -0.141. The minimum Gasteiger partial charge on any atom is -0.394 e. The smallest absolute Gasteiger partial charge is 0.394 e. The SMILES string of the molecule is OC[C@@H]1[C@H](O)[C@H](O)[C@@H](Nc2cncc(C(F)(F)F)n2)c2cncn21. The van der Waals surface area contributed by atoms with Crippen molar-refractivity contribution < 1.29 is 28.5 Å². The predicted molar refractivity (Wildman–Crippen MR) is 73.8 cm³/mol. The summed E-state index contributed by atoms with van der Waals surface area (Å²) in [6.07, 6.45) is -2.97. The molecule has 11 heteroatoms. The molecule has 0 saturated carbocycles. The summed E-state index contributed by atoms with van der Waals surface area (Å²) in [5.74, 6) is -0.212. The Hall–Kier alpha value is -2.24. The Balaban J connectivity index is 1.93. The summed E-state index contributed by atoms with van der Waals surface area (Å²) in [7, 11) is 0. The van der Waals surface area contributed by atoms with Gasteiger partial charge in [0.05, 0.1) is 49.3 Å². The van der Waals surface area contributed by atoms with Crippen LogP contribution in [0.4, 0.5) is 19.0 Å². The lowest BCUT2D eigenvalue weighted by Crippen LogP contribution is -2.48. The van der Waals surface area contributed by atoms with Crippen molar-refractivity contribution in [3.63, 3.8) is 0 Å². The van der Waals surface area contributed by atoms with E-state index in [1.165, 1.54) is 17.1 Å². The molecule has 24 heavy (non-hydrogen) atoms. The number of aromatic nitrogens is 4. The molecular weight excluding hydrogens is 331 g/mol. The number of nitrogens with zero attached hydrogens (tertiary/aromatic N) is 4. The minimum absolute atomic E-state index is 0.212. The highest BCUT2D eigenvalue weighted by Crippen LogP contribution is 2.35. The average molecular weight is 345 g/mol. The lowest BCUT2D eigenvalue weighted by atomic mass is 9.92. The number of aliphatic hydroxyl groups excluding tert-OH is 3. The van der Waals surface area contributed by atoms with Crippen LogP contribution in [0, 0.1) is 0 Å². The first kappa shape index (κ1) is 16.6. The van der Waals surface area contributed by atoms with E-state index in [0.29, 0.717) is 11.9 Å². The first-order chi connectivity index (χ1) is 11.3. The first-order valence-corrected chi connectivity index (χ1v) is 6.97. The lowest BCUT2D eigenvalue weighted by Gasteiger charge is -2.38. The van der Waals surface area contributed by atoms with Crippen molar-refractivity contribution in [1.29, 1.82) is 0 Å². The molecule has 8 nitrogen and oxygen atoms in total. The van der Waals surface area contributed by atoms with Gasteiger partial charge in [0.1, 0.15) is 18.0 Å². The standard InChI is InChI=1S/C13H14F3N5O3/c14-13(15,16)8-2-17-3-9(19-8)20-10-6-1-18-5-21(6)7(4-22)11(23)12(10)24/h1-3,5,7,10-12,22-24H,4H2,(H,19,20)/t7-,10+,11+,12-/m1/s1. The number of aliphatic hydroxyl groups is 3. The fraction of sp³-hybridized carbons (Fsp3) is 0.462. The molecule has 0 amide bonds. The molecule has 0 unspecified atom stereocenters. The van der Waals surface area contributed by atoms with Crippen molar-refractivity contribution in [1.82, 2.24) is 19.5 Å². The third-order valence-corrected chi connectivity index (χ3v) is 3.87. The van der Waals surface area contributed by atoms with Crippen molar-refractivity contribution in [2.75, 3.05) is 11.9 Å². The molecule has 2 aromatic rings. The normalized spacial score (nSPS) is 26.9. The zero-order chi connectivity index (χ0) is 17.5. The van der Waals surface area contributed by atoms with E-state index in [4.69, 9.17) is 0 Å². The Labute approximate surface area is 133 Å². The third kappa shape index (κ3) is 2.81. The van der Waals surface area contributed by atoms with Crippen LogP contribution in [0.5, 0.6) is 0 Å². The largest absolute Gasteiger partial charge is 0.434 e. The second-order valence-electron chi connectivity index (χ2n) is 5.37. The monoisotopic (exact) mass is 345 g/mol. The molecule has 130 valence electrons. The minimum atomic E-state index is -4.65. The maximum atomic E-state index is 12.7. The number of fused-ring (bicyclic) bond motifs is 1. The maximum absolute atomic E-state index is 12.7. The van der Waals surface area contributed by atoms with E-state index in [2.05, 4.69) is 20.3 Å². The molecule has 4 atom stereocenters. The van der Waals surface area contributed by atoms with Crippen LogP contribution < -0.4 is 5.32 Å². The molecule has 0 aliphatic carbocycles. The number of hydrogen-bond acceptors (Lipinski definition) is 7. The predicted octanol–water partition coefficient (Wildman–Crippen LogP) is 0.114. The van der Waals surface area contributed by atoms with Crippen LogP contribution in [0.3, 0.4) is 0 Å². The highest BCUT2D eigenvalue weighted by atomic mass is 19.4. The Morgan fingerprint density at radius 3 is 2.54 bits per heavy atom. The van der Waals surface area contributed by atoms with Gasteiger partial charge in [-0.15, -0.1) is 0 Å². The fourth-order valence-corrected chi connectivity index (χ4v) is 2.68. The molecule has 3 heterocycles. The van der Waals surface area contributed by atoms with Crippen molar-refractivity contribution in [2.24, 2.45) is 0 Å². The summed E-state index contributed by atoms with van der Waals surface area (Å²) in [5, 5.41) is 32.4. The average Bonchev–Trinajstić information content (AvgIpc) is 3.01. The van der Waals surface area contributed by atoms with E-state index in [0.717, 1.165) is 6.20 Å². The fourth-order valence-electron chi connectivity index (χ4n) is 2.68. The summed E-state index contributed by atoms with van der Waals surface area (Å²) >= 11 is 0. The van der Waals surface area contributed by atoms with E-state index >= 15 is 0 Å². The Morgan fingerprint density at radius 2 is 1.88 bits per heavy atom. The van der Waals surface area contributed by atoms with E-state index in [-0.39, 0.29) is 5.82 Å². The topological polar surface area (TPSA) is 116 Å². The molecular formula is C13H14F3N5O3. The van der Waals surface area contributed by atoms with Crippen LogP contribution in [0.2, 0.25) is 0 Å². The van der Waals surface area contributed by atoms with Crippen LogP contribution in [-0.2, 0) is 6.18 Å². The van der Waals surface area contributed by atoms with Gasteiger partial charge in [-0.05, 0) is 0 Å². The summed E-state index contributed by atoms with van der Waals surface area (Å²) < 4.78 is 39.6.